The molecule has 1 aromatic carbocycles. The number of hydrogen-bond acceptors (Lipinski definition) is 0. The molecule has 0 unspecified atom stereocenters. The molecule has 2 rings (SSSR count). The summed E-state index contributed by atoms with van der Waals surface area (Å²) in [6.45, 7) is 0. The van der Waals surface area contributed by atoms with Crippen LogP contribution in [0.15, 0.2) is 37.5 Å². The molecule has 0 aliphatic heterocycles. The molecule has 0 bridgehead atoms. The van der Waals surface area contributed by atoms with Crippen LogP contribution in [-0.4, -0.2) is 0 Å². The Morgan fingerprint density at radius 3 is 2.28 bits per heavy atom. The lowest BCUT2D eigenvalue weighted by atomic mass is 9.84. The van der Waals surface area contributed by atoms with Gasteiger partial charge in [-0.05, 0) is 75.1 Å². The Kier molecular flexibility index (Phi) is 6.49. The summed E-state index contributed by atoms with van der Waals surface area (Å²) >= 11 is 4.99. The highest BCUT2D eigenvalue weighted by molar-refractivity contribution is 14.2. The summed E-state index contributed by atoms with van der Waals surface area (Å²) < 4.78 is 1.47. The predicted molar refractivity (Wildman–Crippen MR) is 96.4 cm³/mol. The maximum absolute atomic E-state index is 2.49. The summed E-state index contributed by atoms with van der Waals surface area (Å²) in [5.74, 6) is 0.942. The Morgan fingerprint density at radius 1 is 1.00 bits per heavy atom. The fraction of sp³-hybridized carbons (Fsp3) is 0.500. The molecule has 18 heavy (non-hydrogen) atoms. The van der Waals surface area contributed by atoms with E-state index in [1.165, 1.54) is 45.7 Å². The van der Waals surface area contributed by atoms with Gasteiger partial charge in [0.1, 0.15) is 0 Å². The quantitative estimate of drug-likeness (QED) is 0.459. The van der Waals surface area contributed by atoms with Crippen LogP contribution in [0.25, 0.3) is 0 Å². The normalized spacial score (nSPS) is 16.6. The maximum Gasteiger partial charge on any atom is 0.0509 e. The largest absolute Gasteiger partial charge is 0.0622 e. The number of allylic oxidation sites excluding steroid dienone is 1. The molecular weight excluding hydrogens is 446 g/mol. The Balaban J connectivity index is 1.99. The molecular formula is C16H20I2. The molecule has 0 atom stereocenters. The summed E-state index contributed by atoms with van der Waals surface area (Å²) in [7, 11) is 0. The highest BCUT2D eigenvalue weighted by Gasteiger charge is 2.16. The molecule has 1 saturated carbocycles. The fourth-order valence-corrected chi connectivity index (χ4v) is 3.62. The highest BCUT2D eigenvalue weighted by atomic mass is 127. The zero-order valence-electron chi connectivity index (χ0n) is 10.7. The molecule has 0 saturated heterocycles. The maximum atomic E-state index is 2.49. The van der Waals surface area contributed by atoms with Crippen LogP contribution in [0.3, 0.4) is 0 Å². The van der Waals surface area contributed by atoms with Gasteiger partial charge < -0.3 is 0 Å². The van der Waals surface area contributed by atoms with Crippen molar-refractivity contribution in [3.05, 3.63) is 43.1 Å². The van der Waals surface area contributed by atoms with Gasteiger partial charge in [0.15, 0.2) is 0 Å². The second-order valence-corrected chi connectivity index (χ2v) is 9.46. The third-order valence-corrected chi connectivity index (χ3v) is 5.31. The summed E-state index contributed by atoms with van der Waals surface area (Å²) in [4.78, 5) is 0. The van der Waals surface area contributed by atoms with Crippen molar-refractivity contribution >= 4 is 45.2 Å². The van der Waals surface area contributed by atoms with E-state index in [1.807, 2.05) is 0 Å². The van der Waals surface area contributed by atoms with Crippen molar-refractivity contribution in [2.24, 2.45) is 5.92 Å². The fourth-order valence-electron chi connectivity index (χ4n) is 2.80. The third kappa shape index (κ3) is 4.83. The van der Waals surface area contributed by atoms with Crippen LogP contribution >= 0.6 is 45.2 Å². The molecule has 1 aliphatic rings. The number of hydrogen-bond donors (Lipinski definition) is 0. The van der Waals surface area contributed by atoms with Crippen molar-refractivity contribution in [1.29, 1.82) is 0 Å². The van der Waals surface area contributed by atoms with Crippen LogP contribution in [0.4, 0.5) is 0 Å². The molecule has 1 aliphatic carbocycles. The Labute approximate surface area is 138 Å². The molecule has 98 valence electrons. The molecule has 0 radical (unpaired) electrons. The summed E-state index contributed by atoms with van der Waals surface area (Å²) in [5, 5.41) is 0. The van der Waals surface area contributed by atoms with E-state index in [4.69, 9.17) is 0 Å². The SMILES string of the molecule is IC(I)=C(Cc1ccccc1)CC1CCCCC1. The Bertz CT molecular complexity index is 385. The first-order chi connectivity index (χ1) is 8.75. The molecule has 0 amide bonds. The van der Waals surface area contributed by atoms with E-state index in [1.54, 1.807) is 5.57 Å². The van der Waals surface area contributed by atoms with E-state index < -0.39 is 0 Å². The third-order valence-electron chi connectivity index (χ3n) is 3.79. The molecule has 0 N–H and O–H groups in total. The molecule has 1 aromatic rings. The average molecular weight is 466 g/mol. The van der Waals surface area contributed by atoms with Crippen LogP contribution in [0.5, 0.6) is 0 Å². The summed E-state index contributed by atoms with van der Waals surface area (Å²) in [6, 6.07) is 10.9. The second-order valence-electron chi connectivity index (χ2n) is 5.23. The van der Waals surface area contributed by atoms with Gasteiger partial charge >= 0.3 is 0 Å². The van der Waals surface area contributed by atoms with Crippen molar-refractivity contribution in [1.82, 2.24) is 0 Å². The first kappa shape index (κ1) is 14.8. The van der Waals surface area contributed by atoms with Crippen LogP contribution in [0.2, 0.25) is 0 Å². The van der Waals surface area contributed by atoms with Crippen LogP contribution in [0, 0.1) is 5.92 Å². The van der Waals surface area contributed by atoms with E-state index >= 15 is 0 Å². The lowest BCUT2D eigenvalue weighted by molar-refractivity contribution is 0.354. The zero-order chi connectivity index (χ0) is 12.8. The Morgan fingerprint density at radius 2 is 1.67 bits per heavy atom. The van der Waals surface area contributed by atoms with E-state index in [0.717, 1.165) is 12.3 Å². The van der Waals surface area contributed by atoms with Crippen molar-refractivity contribution in [2.75, 3.05) is 0 Å². The molecule has 0 heterocycles. The minimum Gasteiger partial charge on any atom is -0.0622 e. The van der Waals surface area contributed by atoms with Crippen molar-refractivity contribution in [2.45, 2.75) is 44.9 Å². The van der Waals surface area contributed by atoms with E-state index in [0.29, 0.717) is 0 Å². The van der Waals surface area contributed by atoms with Gasteiger partial charge in [-0.3, -0.25) is 0 Å². The molecule has 0 aromatic heterocycles. The van der Waals surface area contributed by atoms with Crippen molar-refractivity contribution in [3.8, 4) is 0 Å². The smallest absolute Gasteiger partial charge is 0.0509 e. The number of halogens is 2. The average Bonchev–Trinajstić information content (AvgIpc) is 2.40. The lowest BCUT2D eigenvalue weighted by Crippen LogP contribution is -2.08. The van der Waals surface area contributed by atoms with E-state index in [9.17, 15) is 0 Å². The van der Waals surface area contributed by atoms with Crippen LogP contribution in [-0.2, 0) is 6.42 Å². The minimum absolute atomic E-state index is 0.942. The van der Waals surface area contributed by atoms with Gasteiger partial charge in [0.05, 0.1) is 1.59 Å². The second kappa shape index (κ2) is 7.88. The van der Waals surface area contributed by atoms with Crippen LogP contribution in [0.1, 0.15) is 44.1 Å². The number of benzene rings is 1. The van der Waals surface area contributed by atoms with Gasteiger partial charge in [0, 0.05) is 0 Å². The minimum atomic E-state index is 0.942. The summed E-state index contributed by atoms with van der Waals surface area (Å²) in [5.41, 5.74) is 3.10. The monoisotopic (exact) mass is 466 g/mol. The first-order valence-electron chi connectivity index (χ1n) is 6.82. The van der Waals surface area contributed by atoms with Crippen molar-refractivity contribution < 1.29 is 0 Å². The first-order valence-corrected chi connectivity index (χ1v) is 8.98. The molecule has 0 spiro atoms. The van der Waals surface area contributed by atoms with Gasteiger partial charge in [0.2, 0.25) is 0 Å². The van der Waals surface area contributed by atoms with Crippen LogP contribution < -0.4 is 0 Å². The zero-order valence-corrected chi connectivity index (χ0v) is 15.0. The van der Waals surface area contributed by atoms with Gasteiger partial charge in [-0.15, -0.1) is 0 Å². The van der Waals surface area contributed by atoms with Gasteiger partial charge in [-0.2, -0.15) is 0 Å². The molecule has 0 nitrogen and oxygen atoms in total. The van der Waals surface area contributed by atoms with Gasteiger partial charge in [-0.1, -0.05) is 62.4 Å². The molecule has 1 fully saturated rings. The topological polar surface area (TPSA) is 0 Å². The Hall–Kier alpha value is 0.420. The van der Waals surface area contributed by atoms with Gasteiger partial charge in [-0.25, -0.2) is 0 Å². The van der Waals surface area contributed by atoms with E-state index in [-0.39, 0.29) is 0 Å². The van der Waals surface area contributed by atoms with Crippen molar-refractivity contribution in [3.63, 3.8) is 0 Å². The van der Waals surface area contributed by atoms with E-state index in [2.05, 4.69) is 75.5 Å². The summed E-state index contributed by atoms with van der Waals surface area (Å²) in [6.07, 6.45) is 9.68. The lowest BCUT2D eigenvalue weighted by Gasteiger charge is -2.23. The van der Waals surface area contributed by atoms with Gasteiger partial charge in [0.25, 0.3) is 0 Å². The predicted octanol–water partition coefficient (Wildman–Crippen LogP) is 6.28. The molecule has 2 heteroatoms. The number of rotatable bonds is 4. The highest BCUT2D eigenvalue weighted by Crippen LogP contribution is 2.34. The standard InChI is InChI=1S/C16H20I2/c17-16(18)15(11-13-7-3-1-4-8-13)12-14-9-5-2-6-10-14/h1,3-4,7-8,14H,2,5-6,9-12H2.